The van der Waals surface area contributed by atoms with Crippen LogP contribution in [-0.4, -0.2) is 21.0 Å². The zero-order valence-electron chi connectivity index (χ0n) is 12.4. The maximum Gasteiger partial charge on any atom is 0.339 e. The number of hydrogen-bond donors (Lipinski definition) is 3. The van der Waals surface area contributed by atoms with Crippen molar-refractivity contribution >= 4 is 22.7 Å². The fourth-order valence-electron chi connectivity index (χ4n) is 2.59. The molecule has 112 valence electrons. The Morgan fingerprint density at radius 2 is 2.09 bits per heavy atom. The lowest BCUT2D eigenvalue weighted by atomic mass is 10.0. The number of H-pyrrole nitrogens is 1. The van der Waals surface area contributed by atoms with Crippen LogP contribution in [0.5, 0.6) is 0 Å². The molecule has 0 aliphatic heterocycles. The minimum atomic E-state index is -0.986. The van der Waals surface area contributed by atoms with Crippen LogP contribution in [0.15, 0.2) is 42.6 Å². The van der Waals surface area contributed by atoms with Gasteiger partial charge in [-0.15, -0.1) is 0 Å². The lowest BCUT2D eigenvalue weighted by Gasteiger charge is -2.17. The molecule has 1 unspecified atom stereocenters. The molecule has 0 aliphatic rings. The van der Waals surface area contributed by atoms with Crippen molar-refractivity contribution < 1.29 is 9.90 Å². The van der Waals surface area contributed by atoms with Crippen LogP contribution in [0.2, 0.25) is 0 Å². The lowest BCUT2D eigenvalue weighted by molar-refractivity contribution is 0.0697. The fraction of sp³-hybridized carbons (Fsp3) is 0.176. The van der Waals surface area contributed by atoms with E-state index in [1.165, 1.54) is 0 Å². The number of carboxylic acid groups (broad SMARTS) is 1. The quantitative estimate of drug-likeness (QED) is 0.685. The van der Waals surface area contributed by atoms with E-state index in [0.717, 1.165) is 22.2 Å². The number of fused-ring (bicyclic) bond motifs is 1. The molecule has 0 spiro atoms. The van der Waals surface area contributed by atoms with E-state index in [1.807, 2.05) is 44.3 Å². The maximum absolute atomic E-state index is 11.3. The number of pyridine rings is 1. The average Bonchev–Trinajstić information content (AvgIpc) is 2.95. The smallest absolute Gasteiger partial charge is 0.339 e. The predicted octanol–water partition coefficient (Wildman–Crippen LogP) is 3.74. The second-order valence-electron chi connectivity index (χ2n) is 5.31. The van der Waals surface area contributed by atoms with Crippen molar-refractivity contribution in [3.63, 3.8) is 0 Å². The molecule has 5 heteroatoms. The third-order valence-corrected chi connectivity index (χ3v) is 3.70. The van der Waals surface area contributed by atoms with Crippen LogP contribution in [0.4, 0.5) is 5.82 Å². The van der Waals surface area contributed by atoms with Crippen LogP contribution < -0.4 is 5.32 Å². The highest BCUT2D eigenvalue weighted by Gasteiger charge is 2.16. The number of anilines is 1. The number of para-hydroxylation sites is 1. The molecule has 0 fully saturated rings. The normalized spacial score (nSPS) is 12.3. The first-order valence-corrected chi connectivity index (χ1v) is 7.10. The number of rotatable bonds is 4. The molecule has 22 heavy (non-hydrogen) atoms. The third-order valence-electron chi connectivity index (χ3n) is 3.70. The van der Waals surface area contributed by atoms with E-state index in [1.54, 1.807) is 12.1 Å². The number of carbonyl (C=O) groups is 1. The Bertz CT molecular complexity index is 839. The van der Waals surface area contributed by atoms with Crippen LogP contribution in [0, 0.1) is 6.92 Å². The van der Waals surface area contributed by atoms with Gasteiger partial charge in [-0.25, -0.2) is 9.78 Å². The largest absolute Gasteiger partial charge is 0.478 e. The summed E-state index contributed by atoms with van der Waals surface area (Å²) in [6.45, 7) is 3.83. The molecule has 3 aromatic rings. The number of aromatic carboxylic acids is 1. The lowest BCUT2D eigenvalue weighted by Crippen LogP contribution is -2.13. The second kappa shape index (κ2) is 5.52. The van der Waals surface area contributed by atoms with Crippen molar-refractivity contribution in [2.45, 2.75) is 19.9 Å². The summed E-state index contributed by atoms with van der Waals surface area (Å²) in [6, 6.07) is 11.3. The van der Waals surface area contributed by atoms with E-state index in [4.69, 9.17) is 0 Å². The summed E-state index contributed by atoms with van der Waals surface area (Å²) in [6.07, 6.45) is 1.90. The van der Waals surface area contributed by atoms with Gasteiger partial charge >= 0.3 is 5.97 Å². The molecular weight excluding hydrogens is 278 g/mol. The molecule has 0 radical (unpaired) electrons. The van der Waals surface area contributed by atoms with Gasteiger partial charge in [-0.05, 0) is 43.0 Å². The van der Waals surface area contributed by atoms with Gasteiger partial charge in [-0.2, -0.15) is 0 Å². The van der Waals surface area contributed by atoms with Crippen molar-refractivity contribution in [1.82, 2.24) is 9.97 Å². The second-order valence-corrected chi connectivity index (χ2v) is 5.31. The van der Waals surface area contributed by atoms with Crippen LogP contribution in [0.25, 0.3) is 10.9 Å². The van der Waals surface area contributed by atoms with Crippen LogP contribution in [-0.2, 0) is 0 Å². The monoisotopic (exact) mass is 295 g/mol. The van der Waals surface area contributed by atoms with Gasteiger partial charge in [-0.3, -0.25) is 0 Å². The molecule has 2 aromatic heterocycles. The summed E-state index contributed by atoms with van der Waals surface area (Å²) < 4.78 is 0. The summed E-state index contributed by atoms with van der Waals surface area (Å²) in [5.74, 6) is -0.594. The van der Waals surface area contributed by atoms with Gasteiger partial charge in [0.05, 0.1) is 11.6 Å². The van der Waals surface area contributed by atoms with Gasteiger partial charge in [0.15, 0.2) is 0 Å². The molecule has 2 heterocycles. The number of aromatic nitrogens is 2. The van der Waals surface area contributed by atoms with E-state index >= 15 is 0 Å². The van der Waals surface area contributed by atoms with Crippen LogP contribution in [0.1, 0.15) is 34.6 Å². The van der Waals surface area contributed by atoms with E-state index in [0.29, 0.717) is 5.82 Å². The number of aromatic amines is 1. The van der Waals surface area contributed by atoms with Gasteiger partial charge in [0.1, 0.15) is 11.4 Å². The number of hydrogen-bond acceptors (Lipinski definition) is 3. The number of carboxylic acids is 1. The number of benzene rings is 1. The number of aryl methyl sites for hydroxylation is 1. The summed E-state index contributed by atoms with van der Waals surface area (Å²) >= 11 is 0. The molecule has 0 bridgehead atoms. The highest BCUT2D eigenvalue weighted by molar-refractivity contribution is 5.93. The Morgan fingerprint density at radius 3 is 2.86 bits per heavy atom. The van der Waals surface area contributed by atoms with Crippen molar-refractivity contribution in [3.05, 3.63) is 59.4 Å². The minimum absolute atomic E-state index is 0.0743. The Kier molecular flexibility index (Phi) is 3.55. The zero-order chi connectivity index (χ0) is 15.7. The third kappa shape index (κ3) is 2.53. The van der Waals surface area contributed by atoms with Gasteiger partial charge < -0.3 is 15.4 Å². The summed E-state index contributed by atoms with van der Waals surface area (Å²) in [5, 5.41) is 13.6. The van der Waals surface area contributed by atoms with Crippen molar-refractivity contribution in [2.24, 2.45) is 0 Å². The average molecular weight is 295 g/mol. The van der Waals surface area contributed by atoms with Gasteiger partial charge in [0.2, 0.25) is 0 Å². The topological polar surface area (TPSA) is 78.0 Å². The van der Waals surface area contributed by atoms with E-state index in [9.17, 15) is 9.90 Å². The summed E-state index contributed by atoms with van der Waals surface area (Å²) in [5.41, 5.74) is 3.07. The molecule has 5 nitrogen and oxygen atoms in total. The SMILES string of the molecule is Cc1ccc(C(=O)O)c(NC(C)c2cccc3cc[nH]c23)n1. The highest BCUT2D eigenvalue weighted by Crippen LogP contribution is 2.26. The molecule has 3 rings (SSSR count). The Balaban J connectivity index is 1.98. The molecule has 0 amide bonds. The predicted molar refractivity (Wildman–Crippen MR) is 86.3 cm³/mol. The molecule has 0 aliphatic carbocycles. The van der Waals surface area contributed by atoms with E-state index in [2.05, 4.69) is 15.3 Å². The summed E-state index contributed by atoms with van der Waals surface area (Å²) in [4.78, 5) is 18.9. The molecule has 3 N–H and O–H groups in total. The highest BCUT2D eigenvalue weighted by atomic mass is 16.4. The van der Waals surface area contributed by atoms with Crippen LogP contribution in [0.3, 0.4) is 0 Å². The summed E-state index contributed by atoms with van der Waals surface area (Å²) in [7, 11) is 0. The van der Waals surface area contributed by atoms with Gasteiger partial charge in [0, 0.05) is 11.9 Å². The van der Waals surface area contributed by atoms with Crippen molar-refractivity contribution in [3.8, 4) is 0 Å². The first-order chi connectivity index (χ1) is 10.6. The molecule has 1 atom stereocenters. The Labute approximate surface area is 128 Å². The first kappa shape index (κ1) is 14.1. The molecule has 0 saturated carbocycles. The standard InChI is InChI=1S/C17H17N3O2/c1-10-6-7-14(17(21)22)16(19-10)20-11(2)13-5-3-4-12-8-9-18-15(12)13/h3-9,11,18H,1-2H3,(H,19,20)(H,21,22). The molecule has 1 aromatic carbocycles. The maximum atomic E-state index is 11.3. The van der Waals surface area contributed by atoms with Gasteiger partial charge in [0.25, 0.3) is 0 Å². The first-order valence-electron chi connectivity index (χ1n) is 7.10. The van der Waals surface area contributed by atoms with Crippen molar-refractivity contribution in [1.29, 1.82) is 0 Å². The number of nitrogens with one attached hydrogen (secondary N) is 2. The Hall–Kier alpha value is -2.82. The van der Waals surface area contributed by atoms with Gasteiger partial charge in [-0.1, -0.05) is 18.2 Å². The van der Waals surface area contributed by atoms with E-state index < -0.39 is 5.97 Å². The molecule has 0 saturated heterocycles. The van der Waals surface area contributed by atoms with Crippen molar-refractivity contribution in [2.75, 3.05) is 5.32 Å². The number of nitrogens with zero attached hydrogens (tertiary/aromatic N) is 1. The minimum Gasteiger partial charge on any atom is -0.478 e. The zero-order valence-corrected chi connectivity index (χ0v) is 12.4. The molecular formula is C17H17N3O2. The van der Waals surface area contributed by atoms with Crippen LogP contribution >= 0.6 is 0 Å². The fourth-order valence-corrected chi connectivity index (χ4v) is 2.59. The Morgan fingerprint density at radius 1 is 1.27 bits per heavy atom. The van der Waals surface area contributed by atoms with E-state index in [-0.39, 0.29) is 11.6 Å².